The smallest absolute Gasteiger partial charge is 0.387 e. The number of hydrogen-bond acceptors (Lipinski definition) is 6. The van der Waals surface area contributed by atoms with Crippen molar-refractivity contribution in [1.29, 1.82) is 0 Å². The lowest BCUT2D eigenvalue weighted by Gasteiger charge is -2.30. The third-order valence-electron chi connectivity index (χ3n) is 5.02. The number of halogens is 2. The Kier molecular flexibility index (Phi) is 7.02. The van der Waals surface area contributed by atoms with Crippen LogP contribution >= 0.6 is 0 Å². The van der Waals surface area contributed by atoms with Crippen LogP contribution in [0.25, 0.3) is 0 Å². The number of amides is 1. The van der Waals surface area contributed by atoms with Gasteiger partial charge in [0.25, 0.3) is 5.91 Å². The molecule has 0 unspecified atom stereocenters. The fourth-order valence-electron chi connectivity index (χ4n) is 3.53. The molecule has 1 amide bonds. The highest BCUT2D eigenvalue weighted by molar-refractivity contribution is 5.94. The van der Waals surface area contributed by atoms with Crippen LogP contribution < -0.4 is 20.3 Å². The van der Waals surface area contributed by atoms with Crippen LogP contribution in [0.5, 0.6) is 5.75 Å². The summed E-state index contributed by atoms with van der Waals surface area (Å²) in [4.78, 5) is 23.3. The van der Waals surface area contributed by atoms with Crippen LogP contribution in [0, 0.1) is 6.92 Å². The predicted octanol–water partition coefficient (Wildman–Crippen LogP) is 3.61. The molecular formula is C21H27F2N5O2. The van der Waals surface area contributed by atoms with Crippen molar-refractivity contribution >= 4 is 17.5 Å². The minimum Gasteiger partial charge on any atom is -0.435 e. The zero-order valence-corrected chi connectivity index (χ0v) is 17.4. The Balaban J connectivity index is 1.52. The lowest BCUT2D eigenvalue weighted by molar-refractivity contribution is -0.0498. The van der Waals surface area contributed by atoms with Gasteiger partial charge in [-0.2, -0.15) is 8.78 Å². The second-order valence-electron chi connectivity index (χ2n) is 7.63. The number of hydrogen-bond donors (Lipinski definition) is 2. The van der Waals surface area contributed by atoms with Gasteiger partial charge in [-0.3, -0.25) is 4.79 Å². The Bertz CT molecular complexity index is 870. The van der Waals surface area contributed by atoms with Crippen molar-refractivity contribution in [2.45, 2.75) is 51.3 Å². The molecule has 1 fully saturated rings. The molecule has 0 radical (unpaired) electrons. The van der Waals surface area contributed by atoms with E-state index in [1.807, 2.05) is 32.0 Å². The highest BCUT2D eigenvalue weighted by atomic mass is 19.3. The summed E-state index contributed by atoms with van der Waals surface area (Å²) in [5.74, 6) is 2.05. The zero-order chi connectivity index (χ0) is 21.7. The standard InChI is InChI=1S/C21H27F2N5O2/c1-13-24-18(12-19(25-13)28(2)3)26-15-7-9-16(10-8-15)27-20(29)14-5-4-6-17(11-14)30-21(22)23/h4-6,11-12,15-16,21H,7-10H2,1-3H3,(H,27,29)(H,24,25,26). The van der Waals surface area contributed by atoms with Crippen LogP contribution in [-0.4, -0.2) is 48.7 Å². The number of nitrogens with zero attached hydrogens (tertiary/aromatic N) is 3. The molecule has 0 atom stereocenters. The molecule has 1 aromatic heterocycles. The number of carbonyl (C=O) groups is 1. The SMILES string of the molecule is Cc1nc(NC2CCC(NC(=O)c3cccc(OC(F)F)c3)CC2)cc(N(C)C)n1. The van der Waals surface area contributed by atoms with Gasteiger partial charge in [0, 0.05) is 37.8 Å². The average Bonchev–Trinajstić information content (AvgIpc) is 2.68. The fourth-order valence-corrected chi connectivity index (χ4v) is 3.53. The van der Waals surface area contributed by atoms with Crippen LogP contribution in [0.1, 0.15) is 41.9 Å². The summed E-state index contributed by atoms with van der Waals surface area (Å²) in [6.07, 6.45) is 3.42. The molecule has 0 aliphatic heterocycles. The van der Waals surface area contributed by atoms with Gasteiger partial charge >= 0.3 is 6.61 Å². The number of nitrogens with one attached hydrogen (secondary N) is 2. The molecule has 1 heterocycles. The summed E-state index contributed by atoms with van der Waals surface area (Å²) in [5, 5.41) is 6.46. The van der Waals surface area contributed by atoms with E-state index in [1.165, 1.54) is 18.2 Å². The zero-order valence-electron chi connectivity index (χ0n) is 17.4. The van der Waals surface area contributed by atoms with E-state index in [2.05, 4.69) is 25.3 Å². The molecule has 0 spiro atoms. The van der Waals surface area contributed by atoms with E-state index in [1.54, 1.807) is 6.07 Å². The van der Waals surface area contributed by atoms with Crippen LogP contribution in [0.3, 0.4) is 0 Å². The molecule has 162 valence electrons. The second-order valence-corrected chi connectivity index (χ2v) is 7.63. The van der Waals surface area contributed by atoms with E-state index >= 15 is 0 Å². The Hall–Kier alpha value is -2.97. The number of anilines is 2. The van der Waals surface area contributed by atoms with Crippen molar-refractivity contribution in [2.24, 2.45) is 0 Å². The van der Waals surface area contributed by atoms with Crippen LogP contribution in [-0.2, 0) is 0 Å². The number of aromatic nitrogens is 2. The summed E-state index contributed by atoms with van der Waals surface area (Å²) in [7, 11) is 3.88. The highest BCUT2D eigenvalue weighted by Gasteiger charge is 2.23. The molecule has 1 aliphatic rings. The monoisotopic (exact) mass is 419 g/mol. The van der Waals surface area contributed by atoms with E-state index in [4.69, 9.17) is 0 Å². The lowest BCUT2D eigenvalue weighted by atomic mass is 9.91. The maximum absolute atomic E-state index is 12.5. The molecule has 7 nitrogen and oxygen atoms in total. The number of carbonyl (C=O) groups excluding carboxylic acids is 1. The molecule has 3 rings (SSSR count). The first-order chi connectivity index (χ1) is 14.3. The third kappa shape index (κ3) is 6.01. The minimum atomic E-state index is -2.92. The Morgan fingerprint density at radius 3 is 2.50 bits per heavy atom. The Morgan fingerprint density at radius 2 is 1.83 bits per heavy atom. The van der Waals surface area contributed by atoms with Crippen molar-refractivity contribution in [1.82, 2.24) is 15.3 Å². The molecule has 1 saturated carbocycles. The summed E-state index contributed by atoms with van der Waals surface area (Å²) >= 11 is 0. The van der Waals surface area contributed by atoms with E-state index in [-0.39, 0.29) is 23.7 Å². The van der Waals surface area contributed by atoms with Gasteiger partial charge in [-0.15, -0.1) is 0 Å². The van der Waals surface area contributed by atoms with Crippen molar-refractivity contribution < 1.29 is 18.3 Å². The summed E-state index contributed by atoms with van der Waals surface area (Å²) in [6, 6.07) is 8.07. The van der Waals surface area contributed by atoms with Gasteiger partial charge in [-0.1, -0.05) is 6.07 Å². The third-order valence-corrected chi connectivity index (χ3v) is 5.02. The van der Waals surface area contributed by atoms with E-state index in [0.29, 0.717) is 11.4 Å². The number of benzene rings is 1. The van der Waals surface area contributed by atoms with E-state index in [9.17, 15) is 13.6 Å². The molecule has 9 heteroatoms. The van der Waals surface area contributed by atoms with Crippen LogP contribution in [0.2, 0.25) is 0 Å². The minimum absolute atomic E-state index is 0.0252. The normalized spacial score (nSPS) is 18.7. The summed E-state index contributed by atoms with van der Waals surface area (Å²) < 4.78 is 29.1. The molecule has 1 aliphatic carbocycles. The van der Waals surface area contributed by atoms with Gasteiger partial charge in [0.2, 0.25) is 0 Å². The van der Waals surface area contributed by atoms with Crippen LogP contribution in [0.4, 0.5) is 20.4 Å². The summed E-state index contributed by atoms with van der Waals surface area (Å²) in [5.41, 5.74) is 0.307. The number of alkyl halides is 2. The van der Waals surface area contributed by atoms with Gasteiger partial charge in [-0.05, 0) is 50.8 Å². The molecule has 1 aromatic carbocycles. The predicted molar refractivity (Wildman–Crippen MR) is 111 cm³/mol. The van der Waals surface area contributed by atoms with Gasteiger partial charge in [0.1, 0.15) is 23.2 Å². The highest BCUT2D eigenvalue weighted by Crippen LogP contribution is 2.24. The Labute approximate surface area is 174 Å². The van der Waals surface area contributed by atoms with Gasteiger partial charge < -0.3 is 20.3 Å². The number of aryl methyl sites for hydroxylation is 1. The Morgan fingerprint density at radius 1 is 1.13 bits per heavy atom. The van der Waals surface area contributed by atoms with Crippen molar-refractivity contribution in [3.8, 4) is 5.75 Å². The van der Waals surface area contributed by atoms with Crippen molar-refractivity contribution in [3.63, 3.8) is 0 Å². The quantitative estimate of drug-likeness (QED) is 0.714. The average molecular weight is 419 g/mol. The molecule has 30 heavy (non-hydrogen) atoms. The first-order valence-corrected chi connectivity index (χ1v) is 9.95. The lowest BCUT2D eigenvalue weighted by Crippen LogP contribution is -2.40. The number of ether oxygens (including phenoxy) is 1. The number of rotatable bonds is 7. The molecule has 0 saturated heterocycles. The fraction of sp³-hybridized carbons (Fsp3) is 0.476. The van der Waals surface area contributed by atoms with Gasteiger partial charge in [0.05, 0.1) is 0 Å². The van der Waals surface area contributed by atoms with E-state index in [0.717, 1.165) is 37.3 Å². The summed E-state index contributed by atoms with van der Waals surface area (Å²) in [6.45, 7) is -1.05. The topological polar surface area (TPSA) is 79.4 Å². The molecular weight excluding hydrogens is 392 g/mol. The first kappa shape index (κ1) is 21.7. The first-order valence-electron chi connectivity index (χ1n) is 9.95. The maximum Gasteiger partial charge on any atom is 0.387 e. The molecule has 2 aromatic rings. The van der Waals surface area contributed by atoms with Crippen molar-refractivity contribution in [2.75, 3.05) is 24.3 Å². The molecule has 0 bridgehead atoms. The van der Waals surface area contributed by atoms with Crippen LogP contribution in [0.15, 0.2) is 30.3 Å². The second kappa shape index (κ2) is 9.69. The van der Waals surface area contributed by atoms with E-state index < -0.39 is 6.61 Å². The van der Waals surface area contributed by atoms with Crippen molar-refractivity contribution in [3.05, 3.63) is 41.7 Å². The maximum atomic E-state index is 12.5. The molecule has 2 N–H and O–H groups in total. The largest absolute Gasteiger partial charge is 0.435 e. The van der Waals surface area contributed by atoms with Gasteiger partial charge in [0.15, 0.2) is 0 Å². The van der Waals surface area contributed by atoms with Gasteiger partial charge in [-0.25, -0.2) is 9.97 Å².